The Bertz CT molecular complexity index is 1170. The van der Waals surface area contributed by atoms with E-state index >= 15 is 0 Å². The van der Waals surface area contributed by atoms with Gasteiger partial charge in [-0.2, -0.15) is 9.78 Å². The third-order valence-corrected chi connectivity index (χ3v) is 4.56. The molecule has 0 aliphatic carbocycles. The van der Waals surface area contributed by atoms with Crippen molar-refractivity contribution < 1.29 is 48.1 Å². The van der Waals surface area contributed by atoms with Crippen LogP contribution in [-0.4, -0.2) is 32.1 Å². The molecule has 0 bridgehead atoms. The van der Waals surface area contributed by atoms with Gasteiger partial charge in [0, 0.05) is 6.08 Å². The molecule has 0 atom stereocenters. The largest absolute Gasteiger partial charge is 0.465 e. The fourth-order valence-electron chi connectivity index (χ4n) is 2.70. The highest BCUT2D eigenvalue weighted by Gasteiger charge is 2.10. The van der Waals surface area contributed by atoms with E-state index in [9.17, 15) is 9.59 Å². The van der Waals surface area contributed by atoms with Crippen LogP contribution in [0.4, 0.5) is 0 Å². The smallest absolute Gasteiger partial charge is 0.343 e. The Balaban J connectivity index is 0. The van der Waals surface area contributed by atoms with Gasteiger partial charge < -0.3 is 23.8 Å². The Morgan fingerprint density at radius 1 is 0.643 bits per heavy atom. The van der Waals surface area contributed by atoms with Crippen molar-refractivity contribution in [1.29, 1.82) is 0 Å². The second-order valence-electron chi connectivity index (χ2n) is 7.26. The average Bonchev–Trinajstić information content (AvgIpc) is 2.95. The van der Waals surface area contributed by atoms with Crippen LogP contribution in [-0.2, 0) is 30.8 Å². The number of hydrogen-bond acceptors (Lipinski definition) is 10. The van der Waals surface area contributed by atoms with Crippen molar-refractivity contribution in [2.45, 2.75) is 36.3 Å². The molecule has 3 aromatic rings. The van der Waals surface area contributed by atoms with Crippen LogP contribution in [0, 0.1) is 0 Å². The molecule has 0 amide bonds. The van der Waals surface area contributed by atoms with Crippen LogP contribution < -0.4 is 19.1 Å². The van der Waals surface area contributed by atoms with E-state index in [2.05, 4.69) is 13.2 Å². The summed E-state index contributed by atoms with van der Waals surface area (Å²) in [4.78, 5) is 43.5. The molecule has 0 saturated heterocycles. The molecule has 10 nitrogen and oxygen atoms in total. The molecule has 0 radical (unpaired) electrons. The number of carbonyl (C=O) groups excluding carboxylic acids is 2. The van der Waals surface area contributed by atoms with E-state index in [1.54, 1.807) is 54.6 Å². The zero-order valence-corrected chi connectivity index (χ0v) is 20.4. The zero-order chi connectivity index (χ0) is 27.0. The van der Waals surface area contributed by atoms with Crippen LogP contribution >= 0.6 is 0 Å². The molecular weight excluding hydrogens is 544 g/mol. The summed E-state index contributed by atoms with van der Waals surface area (Å²) in [6, 6.07) is 19.7. The standard InChI is InChI=1S/C28H26O10.4CH4/c1-3-17-34-36-20-32-23-9-5-21(6-10-23)18-35-38-26-15-13-25(14-16-26)37-28(30)22-7-11-24(12-8-22)31-19-33-27(29)4-2;;;;/h3-16H,1-2,17-20H2;4*1H4. The first kappa shape index (κ1) is 39.5. The normalized spacial score (nSPS) is 9.24. The molecule has 0 aliphatic heterocycles. The average molecular weight is 587 g/mol. The van der Waals surface area contributed by atoms with Crippen molar-refractivity contribution in [1.82, 2.24) is 0 Å². The van der Waals surface area contributed by atoms with Crippen molar-refractivity contribution >= 4 is 11.9 Å². The van der Waals surface area contributed by atoms with Crippen molar-refractivity contribution in [3.05, 3.63) is 109 Å². The predicted molar refractivity (Wildman–Crippen MR) is 161 cm³/mol. The summed E-state index contributed by atoms with van der Waals surface area (Å²) >= 11 is 0. The van der Waals surface area contributed by atoms with Crippen molar-refractivity contribution in [3.63, 3.8) is 0 Å². The molecule has 10 heteroatoms. The summed E-state index contributed by atoms with van der Waals surface area (Å²) in [5.41, 5.74) is 1.18. The molecule has 0 spiro atoms. The second-order valence-corrected chi connectivity index (χ2v) is 7.26. The summed E-state index contributed by atoms with van der Waals surface area (Å²) in [7, 11) is 0. The topological polar surface area (TPSA) is 108 Å². The van der Waals surface area contributed by atoms with Gasteiger partial charge in [0.15, 0.2) is 5.75 Å². The van der Waals surface area contributed by atoms with Gasteiger partial charge in [-0.1, -0.05) is 54.5 Å². The summed E-state index contributed by atoms with van der Waals surface area (Å²) < 4.78 is 20.7. The second kappa shape index (κ2) is 22.1. The molecule has 3 rings (SSSR count). The molecule has 42 heavy (non-hydrogen) atoms. The van der Waals surface area contributed by atoms with Crippen LogP contribution in [0.25, 0.3) is 0 Å². The lowest BCUT2D eigenvalue weighted by Gasteiger charge is -2.09. The number of benzene rings is 3. The summed E-state index contributed by atoms with van der Waals surface area (Å²) in [6.45, 7) is 6.96. The van der Waals surface area contributed by atoms with Gasteiger partial charge in [-0.3, -0.25) is 0 Å². The minimum absolute atomic E-state index is 0. The maximum absolute atomic E-state index is 12.4. The first-order valence-electron chi connectivity index (χ1n) is 11.3. The number of rotatable bonds is 16. The van der Waals surface area contributed by atoms with E-state index in [4.69, 9.17) is 38.5 Å². The summed E-state index contributed by atoms with van der Waals surface area (Å²) in [5, 5.41) is 0. The van der Waals surface area contributed by atoms with Gasteiger partial charge >= 0.3 is 11.9 Å². The number of esters is 2. The van der Waals surface area contributed by atoms with Gasteiger partial charge in [-0.25, -0.2) is 14.5 Å². The maximum Gasteiger partial charge on any atom is 0.343 e. The Morgan fingerprint density at radius 2 is 1.19 bits per heavy atom. The van der Waals surface area contributed by atoms with Crippen LogP contribution in [0.3, 0.4) is 0 Å². The van der Waals surface area contributed by atoms with Gasteiger partial charge in [0.25, 0.3) is 0 Å². The Kier molecular flexibility index (Phi) is 20.8. The maximum atomic E-state index is 12.4. The fourth-order valence-corrected chi connectivity index (χ4v) is 2.70. The van der Waals surface area contributed by atoms with E-state index in [0.717, 1.165) is 11.6 Å². The number of carbonyl (C=O) groups is 2. The van der Waals surface area contributed by atoms with Gasteiger partial charge in [0.2, 0.25) is 13.6 Å². The lowest BCUT2D eigenvalue weighted by atomic mass is 10.2. The van der Waals surface area contributed by atoms with Gasteiger partial charge in [0.05, 0.1) is 5.56 Å². The van der Waals surface area contributed by atoms with E-state index in [-0.39, 0.29) is 56.5 Å². The van der Waals surface area contributed by atoms with Gasteiger partial charge in [-0.05, 0) is 66.2 Å². The van der Waals surface area contributed by atoms with Crippen molar-refractivity contribution in [3.8, 4) is 23.0 Å². The van der Waals surface area contributed by atoms with Crippen molar-refractivity contribution in [2.24, 2.45) is 0 Å². The highest BCUT2D eigenvalue weighted by atomic mass is 17.2. The highest BCUT2D eigenvalue weighted by molar-refractivity contribution is 5.91. The van der Waals surface area contributed by atoms with E-state index in [0.29, 0.717) is 28.6 Å². The van der Waals surface area contributed by atoms with E-state index in [1.165, 1.54) is 12.1 Å². The lowest BCUT2D eigenvalue weighted by molar-refractivity contribution is -0.315. The Hall–Kier alpha value is -4.64. The predicted octanol–water partition coefficient (Wildman–Crippen LogP) is 7.50. The summed E-state index contributed by atoms with van der Waals surface area (Å²) in [5.74, 6) is 0.640. The Labute approximate surface area is 248 Å². The lowest BCUT2D eigenvalue weighted by Crippen LogP contribution is -2.09. The SMILES string of the molecule is C.C.C.C.C=CCOOCOc1ccc(COOc2ccc(OC(=O)c3ccc(OCOC(=O)C=C)cc3)cc2)cc1. The van der Waals surface area contributed by atoms with Crippen LogP contribution in [0.15, 0.2) is 98.1 Å². The highest BCUT2D eigenvalue weighted by Crippen LogP contribution is 2.21. The molecule has 0 fully saturated rings. The third-order valence-electron chi connectivity index (χ3n) is 4.56. The van der Waals surface area contributed by atoms with Crippen LogP contribution in [0.5, 0.6) is 23.0 Å². The number of hydrogen-bond donors (Lipinski definition) is 0. The molecule has 3 aromatic carbocycles. The third kappa shape index (κ3) is 14.1. The molecule has 230 valence electrons. The zero-order valence-electron chi connectivity index (χ0n) is 20.4. The molecule has 0 heterocycles. The van der Waals surface area contributed by atoms with Crippen LogP contribution in [0.1, 0.15) is 45.6 Å². The number of ether oxygens (including phenoxy) is 4. The Morgan fingerprint density at radius 3 is 1.79 bits per heavy atom. The minimum atomic E-state index is -0.595. The molecule has 0 saturated carbocycles. The quantitative estimate of drug-likeness (QED) is 0.0245. The monoisotopic (exact) mass is 586 g/mol. The molecule has 0 aromatic heterocycles. The van der Waals surface area contributed by atoms with E-state index < -0.39 is 11.9 Å². The minimum Gasteiger partial charge on any atom is -0.465 e. The van der Waals surface area contributed by atoms with E-state index in [1.807, 2.05) is 12.1 Å². The van der Waals surface area contributed by atoms with Gasteiger partial charge in [0.1, 0.15) is 30.5 Å². The molecular formula is C32H42O10. The summed E-state index contributed by atoms with van der Waals surface area (Å²) in [6.07, 6.45) is 2.60. The van der Waals surface area contributed by atoms with Crippen LogP contribution in [0.2, 0.25) is 0 Å². The molecule has 0 aliphatic rings. The molecule has 0 N–H and O–H groups in total. The first-order valence-corrected chi connectivity index (χ1v) is 11.3. The fraction of sp³-hybridized carbons (Fsp3) is 0.250. The molecule has 0 unspecified atom stereocenters. The first-order chi connectivity index (χ1) is 18.6. The van der Waals surface area contributed by atoms with Crippen molar-refractivity contribution in [2.75, 3.05) is 20.2 Å². The van der Waals surface area contributed by atoms with Gasteiger partial charge in [-0.15, -0.1) is 6.58 Å².